The Hall–Kier alpha value is -0.910. The van der Waals surface area contributed by atoms with Gasteiger partial charge in [-0.1, -0.05) is 25.5 Å². The van der Waals surface area contributed by atoms with E-state index in [1.165, 1.54) is 12.8 Å². The molecule has 25 heavy (non-hydrogen) atoms. The van der Waals surface area contributed by atoms with Crippen LogP contribution in [0.2, 0.25) is 0 Å². The fourth-order valence-corrected chi connectivity index (χ4v) is 4.31. The van der Waals surface area contributed by atoms with Gasteiger partial charge >= 0.3 is 5.97 Å². The molecule has 2 aliphatic rings. The molecule has 1 unspecified atom stereocenters. The van der Waals surface area contributed by atoms with E-state index in [1.54, 1.807) is 0 Å². The van der Waals surface area contributed by atoms with Crippen molar-refractivity contribution in [3.05, 3.63) is 12.2 Å². The molecule has 2 heterocycles. The molecule has 5 nitrogen and oxygen atoms in total. The van der Waals surface area contributed by atoms with Gasteiger partial charge in [0.1, 0.15) is 0 Å². The quantitative estimate of drug-likeness (QED) is 0.350. The monoisotopic (exact) mass is 353 g/mol. The maximum atomic E-state index is 10.5. The number of carbonyl (C=O) groups is 1. The van der Waals surface area contributed by atoms with E-state index in [1.807, 2.05) is 0 Å². The largest absolute Gasteiger partial charge is 0.481 e. The van der Waals surface area contributed by atoms with E-state index in [4.69, 9.17) is 9.84 Å². The number of carboxylic acid groups (broad SMARTS) is 1. The van der Waals surface area contributed by atoms with Crippen LogP contribution in [0.4, 0.5) is 0 Å². The summed E-state index contributed by atoms with van der Waals surface area (Å²) in [5.41, 5.74) is 0. The SMILES string of the molecule is CCCC(O)CNCC[C@@H]1[C@@H](C/C=C\CCCC(=O)O)[C@H]2CC[C@@H]1O2. The number of rotatable bonds is 13. The van der Waals surface area contributed by atoms with Crippen LogP contribution in [0.3, 0.4) is 0 Å². The van der Waals surface area contributed by atoms with Gasteiger partial charge in [-0.05, 0) is 63.3 Å². The summed E-state index contributed by atoms with van der Waals surface area (Å²) in [5, 5.41) is 21.8. The van der Waals surface area contributed by atoms with Crippen molar-refractivity contribution in [1.29, 1.82) is 0 Å². The Morgan fingerprint density at radius 1 is 1.28 bits per heavy atom. The summed E-state index contributed by atoms with van der Waals surface area (Å²) >= 11 is 0. The van der Waals surface area contributed by atoms with Gasteiger partial charge in [0.05, 0.1) is 18.3 Å². The standard InChI is InChI=1S/C20H35NO4/c1-2-7-15(22)14-21-13-12-17-16(18-10-11-19(17)25-18)8-5-3-4-6-9-20(23)24/h3,5,15-19,21-22H,2,4,6-14H2,1H3,(H,23,24)/b5-3-/t15?,16-,17-,18-,19+/m1/s1. The fraction of sp³-hybridized carbons (Fsp3) is 0.850. The Kier molecular flexibility index (Phi) is 8.93. The molecule has 0 aromatic rings. The molecule has 2 saturated heterocycles. The van der Waals surface area contributed by atoms with Crippen molar-refractivity contribution in [2.45, 2.75) is 83.0 Å². The van der Waals surface area contributed by atoms with Crippen molar-refractivity contribution in [3.63, 3.8) is 0 Å². The summed E-state index contributed by atoms with van der Waals surface area (Å²) in [5.74, 6) is 0.488. The van der Waals surface area contributed by atoms with Gasteiger partial charge in [0.15, 0.2) is 0 Å². The number of unbranched alkanes of at least 4 members (excludes halogenated alkanes) is 1. The van der Waals surface area contributed by atoms with Gasteiger partial charge in [-0.15, -0.1) is 0 Å². The topological polar surface area (TPSA) is 78.8 Å². The molecule has 0 aliphatic carbocycles. The van der Waals surface area contributed by atoms with Crippen molar-refractivity contribution < 1.29 is 19.7 Å². The van der Waals surface area contributed by atoms with Crippen molar-refractivity contribution in [2.24, 2.45) is 11.8 Å². The molecule has 0 spiro atoms. The number of aliphatic hydroxyl groups is 1. The lowest BCUT2D eigenvalue weighted by Crippen LogP contribution is -2.32. The van der Waals surface area contributed by atoms with Crippen molar-refractivity contribution in [2.75, 3.05) is 13.1 Å². The average Bonchev–Trinajstić information content (AvgIpc) is 3.16. The molecule has 5 heteroatoms. The molecule has 0 aromatic carbocycles. The van der Waals surface area contributed by atoms with Crippen LogP contribution < -0.4 is 5.32 Å². The van der Waals surface area contributed by atoms with E-state index in [-0.39, 0.29) is 12.5 Å². The third-order valence-electron chi connectivity index (χ3n) is 5.58. The maximum absolute atomic E-state index is 10.5. The average molecular weight is 354 g/mol. The maximum Gasteiger partial charge on any atom is 0.303 e. The van der Waals surface area contributed by atoms with Crippen LogP contribution in [0, 0.1) is 11.8 Å². The second-order valence-electron chi connectivity index (χ2n) is 7.55. The van der Waals surface area contributed by atoms with E-state index >= 15 is 0 Å². The molecule has 2 bridgehead atoms. The first-order valence-corrected chi connectivity index (χ1v) is 10.0. The predicted molar refractivity (Wildman–Crippen MR) is 98.5 cm³/mol. The second kappa shape index (κ2) is 10.9. The summed E-state index contributed by atoms with van der Waals surface area (Å²) in [4.78, 5) is 10.5. The van der Waals surface area contributed by atoms with Crippen molar-refractivity contribution >= 4 is 5.97 Å². The third-order valence-corrected chi connectivity index (χ3v) is 5.58. The number of hydrogen-bond donors (Lipinski definition) is 3. The van der Waals surface area contributed by atoms with Gasteiger partial charge in [-0.3, -0.25) is 4.79 Å². The van der Waals surface area contributed by atoms with Crippen LogP contribution in [-0.2, 0) is 9.53 Å². The van der Waals surface area contributed by atoms with E-state index in [0.717, 1.165) is 38.6 Å². The van der Waals surface area contributed by atoms with Crippen LogP contribution in [0.15, 0.2) is 12.2 Å². The lowest BCUT2D eigenvalue weighted by molar-refractivity contribution is -0.137. The summed E-state index contributed by atoms with van der Waals surface area (Å²) in [6.45, 7) is 3.72. The van der Waals surface area contributed by atoms with Crippen molar-refractivity contribution in [1.82, 2.24) is 5.32 Å². The number of fused-ring (bicyclic) bond motifs is 2. The number of ether oxygens (including phenoxy) is 1. The van der Waals surface area contributed by atoms with E-state index in [2.05, 4.69) is 24.4 Å². The summed E-state index contributed by atoms with van der Waals surface area (Å²) in [7, 11) is 0. The highest BCUT2D eigenvalue weighted by molar-refractivity contribution is 5.66. The first kappa shape index (κ1) is 20.4. The van der Waals surface area contributed by atoms with E-state index < -0.39 is 5.97 Å². The van der Waals surface area contributed by atoms with Crippen LogP contribution >= 0.6 is 0 Å². The summed E-state index contributed by atoms with van der Waals surface area (Å²) in [6.07, 6.45) is 13.1. The zero-order valence-electron chi connectivity index (χ0n) is 15.5. The van der Waals surface area contributed by atoms with Gasteiger partial charge in [0.2, 0.25) is 0 Å². The highest BCUT2D eigenvalue weighted by Gasteiger charge is 2.47. The van der Waals surface area contributed by atoms with Crippen LogP contribution in [0.25, 0.3) is 0 Å². The van der Waals surface area contributed by atoms with Gasteiger partial charge in [0.25, 0.3) is 0 Å². The zero-order chi connectivity index (χ0) is 18.1. The minimum Gasteiger partial charge on any atom is -0.481 e. The molecule has 0 aromatic heterocycles. The molecule has 0 radical (unpaired) electrons. The van der Waals surface area contributed by atoms with Crippen LogP contribution in [0.1, 0.15) is 64.7 Å². The molecular weight excluding hydrogens is 318 g/mol. The first-order valence-electron chi connectivity index (χ1n) is 10.0. The minimum atomic E-state index is -0.716. The molecule has 2 rings (SSSR count). The third kappa shape index (κ3) is 6.72. The van der Waals surface area contributed by atoms with Crippen LogP contribution in [-0.4, -0.2) is 47.6 Å². The Balaban J connectivity index is 1.67. The molecule has 3 N–H and O–H groups in total. The lowest BCUT2D eigenvalue weighted by atomic mass is 9.76. The number of aliphatic hydroxyl groups excluding tert-OH is 1. The van der Waals surface area contributed by atoms with Gasteiger partial charge < -0.3 is 20.3 Å². The Labute approximate surface area is 151 Å². The molecule has 0 amide bonds. The summed E-state index contributed by atoms with van der Waals surface area (Å²) < 4.78 is 6.14. The molecule has 2 aliphatic heterocycles. The highest BCUT2D eigenvalue weighted by atomic mass is 16.5. The normalized spacial score (nSPS) is 29.5. The predicted octanol–water partition coefficient (Wildman–Crippen LogP) is 3.12. The highest BCUT2D eigenvalue weighted by Crippen LogP contribution is 2.46. The summed E-state index contributed by atoms with van der Waals surface area (Å²) in [6, 6.07) is 0. The van der Waals surface area contributed by atoms with E-state index in [0.29, 0.717) is 37.0 Å². The smallest absolute Gasteiger partial charge is 0.303 e. The molecule has 2 fully saturated rings. The molecule has 144 valence electrons. The Morgan fingerprint density at radius 2 is 2.04 bits per heavy atom. The number of allylic oxidation sites excluding steroid dienone is 2. The number of carboxylic acids is 1. The number of aliphatic carboxylic acids is 1. The molecular formula is C20H35NO4. The van der Waals surface area contributed by atoms with Gasteiger partial charge in [-0.25, -0.2) is 0 Å². The zero-order valence-corrected chi connectivity index (χ0v) is 15.5. The van der Waals surface area contributed by atoms with Gasteiger partial charge in [0, 0.05) is 13.0 Å². The molecule has 0 saturated carbocycles. The van der Waals surface area contributed by atoms with Gasteiger partial charge in [-0.2, -0.15) is 0 Å². The Morgan fingerprint density at radius 3 is 2.76 bits per heavy atom. The number of hydrogen-bond acceptors (Lipinski definition) is 4. The minimum absolute atomic E-state index is 0.231. The number of nitrogens with one attached hydrogen (secondary N) is 1. The fourth-order valence-electron chi connectivity index (χ4n) is 4.31. The van der Waals surface area contributed by atoms with Crippen LogP contribution in [0.5, 0.6) is 0 Å². The van der Waals surface area contributed by atoms with E-state index in [9.17, 15) is 9.90 Å². The molecule has 5 atom stereocenters. The lowest BCUT2D eigenvalue weighted by Gasteiger charge is -2.27. The Bertz CT molecular complexity index is 426. The first-order chi connectivity index (χ1) is 12.1. The second-order valence-corrected chi connectivity index (χ2v) is 7.55. The van der Waals surface area contributed by atoms with Crippen molar-refractivity contribution in [3.8, 4) is 0 Å².